The predicted octanol–water partition coefficient (Wildman–Crippen LogP) is -0.969. The number of amidine groups is 1. The van der Waals surface area contributed by atoms with Gasteiger partial charge in [0.2, 0.25) is 0 Å². The van der Waals surface area contributed by atoms with E-state index in [9.17, 15) is 9.59 Å². The van der Waals surface area contributed by atoms with Crippen molar-refractivity contribution < 1.29 is 9.59 Å². The fourth-order valence-electron chi connectivity index (χ4n) is 1.50. The van der Waals surface area contributed by atoms with Crippen LogP contribution < -0.4 is 0 Å². The highest BCUT2D eigenvalue weighted by molar-refractivity contribution is 6.26. The van der Waals surface area contributed by atoms with Gasteiger partial charge in [0.25, 0.3) is 5.91 Å². The molecule has 0 radical (unpaired) electrons. The Morgan fingerprint density at radius 1 is 1.42 bits per heavy atom. The second-order valence-corrected chi connectivity index (χ2v) is 2.77. The second-order valence-electron chi connectivity index (χ2n) is 2.77. The Labute approximate surface area is 67.2 Å². The Morgan fingerprint density at radius 2 is 2.25 bits per heavy atom. The van der Waals surface area contributed by atoms with Gasteiger partial charge in [0, 0.05) is 0 Å². The largest absolute Gasteiger partial charge is 0.335 e. The van der Waals surface area contributed by atoms with Crippen LogP contribution >= 0.6 is 0 Å². The molecule has 3 saturated heterocycles. The molecule has 0 aromatic rings. The number of carbonyl (C=O) groups is 2. The normalized spacial score (nSPS) is 30.3. The van der Waals surface area contributed by atoms with E-state index in [0.29, 0.717) is 12.5 Å². The highest BCUT2D eigenvalue weighted by atomic mass is 16.2. The van der Waals surface area contributed by atoms with Gasteiger partial charge in [-0.15, -0.1) is 0 Å². The molecule has 0 aromatic heterocycles. The van der Waals surface area contributed by atoms with E-state index in [1.165, 1.54) is 16.1 Å². The van der Waals surface area contributed by atoms with Gasteiger partial charge in [-0.3, -0.25) is 14.7 Å². The number of aliphatic imine (C=N–C) groups is 2. The monoisotopic (exact) mass is 164 g/mol. The number of rotatable bonds is 0. The van der Waals surface area contributed by atoms with Crippen molar-refractivity contribution in [2.75, 3.05) is 6.67 Å². The van der Waals surface area contributed by atoms with Crippen molar-refractivity contribution in [3.8, 4) is 0 Å². The lowest BCUT2D eigenvalue weighted by molar-refractivity contribution is -0.135. The lowest BCUT2D eigenvalue weighted by Gasteiger charge is -2.46. The van der Waals surface area contributed by atoms with Crippen LogP contribution in [0.15, 0.2) is 9.98 Å². The summed E-state index contributed by atoms with van der Waals surface area (Å²) in [5.41, 5.74) is 0. The van der Waals surface area contributed by atoms with Gasteiger partial charge in [-0.2, -0.15) is 0 Å². The Kier molecular flexibility index (Phi) is 0.757. The highest BCUT2D eigenvalue weighted by Crippen LogP contribution is 2.26. The average Bonchev–Trinajstić information content (AvgIpc) is 2.51. The first kappa shape index (κ1) is 5.87. The molecule has 3 fully saturated rings. The molecule has 0 N–H and O–H groups in total. The summed E-state index contributed by atoms with van der Waals surface area (Å²) in [4.78, 5) is 32.8. The third-order valence-electron chi connectivity index (χ3n) is 2.17. The maximum Gasteiger partial charge on any atom is 0.335 e. The Balaban J connectivity index is 2.11. The smallest absolute Gasteiger partial charge is 0.271 e. The fraction of sp³-hybridized carbons (Fsp3) is 0.333. The Morgan fingerprint density at radius 3 is 3.00 bits per heavy atom. The average molecular weight is 164 g/mol. The van der Waals surface area contributed by atoms with Crippen molar-refractivity contribution in [2.45, 2.75) is 6.04 Å². The molecule has 0 saturated carbocycles. The Bertz CT molecular complexity index is 359. The van der Waals surface area contributed by atoms with E-state index < -0.39 is 6.04 Å². The van der Waals surface area contributed by atoms with Crippen LogP contribution in [0.1, 0.15) is 0 Å². The summed E-state index contributed by atoms with van der Waals surface area (Å²) < 4.78 is 0. The van der Waals surface area contributed by atoms with Crippen LogP contribution in [0.3, 0.4) is 0 Å². The molecule has 0 spiro atoms. The van der Waals surface area contributed by atoms with E-state index in [2.05, 4.69) is 9.98 Å². The van der Waals surface area contributed by atoms with Crippen LogP contribution in [0.5, 0.6) is 0 Å². The molecule has 0 aliphatic carbocycles. The van der Waals surface area contributed by atoms with Crippen molar-refractivity contribution in [3.63, 3.8) is 0 Å². The van der Waals surface area contributed by atoms with Gasteiger partial charge in [0.1, 0.15) is 13.0 Å². The number of nitrogens with zero attached hydrogens (tertiary/aromatic N) is 4. The van der Waals surface area contributed by atoms with Gasteiger partial charge < -0.3 is 0 Å². The first-order valence-electron chi connectivity index (χ1n) is 3.51. The number of carbonyl (C=O) groups excluding carboxylic acids is 2. The van der Waals surface area contributed by atoms with Gasteiger partial charge in [0.05, 0.1) is 0 Å². The molecule has 60 valence electrons. The topological polar surface area (TPSA) is 65.3 Å². The molecule has 4 aliphatic heterocycles. The Hall–Kier alpha value is -1.72. The minimum atomic E-state index is -0.545. The summed E-state index contributed by atoms with van der Waals surface area (Å²) in [6.07, 6.45) is 1.33. The van der Waals surface area contributed by atoms with Crippen molar-refractivity contribution in [1.29, 1.82) is 0 Å². The molecule has 12 heavy (non-hydrogen) atoms. The predicted molar refractivity (Wildman–Crippen MR) is 38.7 cm³/mol. The first-order valence-corrected chi connectivity index (χ1v) is 3.51. The number of imide groups is 1. The van der Waals surface area contributed by atoms with Gasteiger partial charge in [0.15, 0.2) is 11.9 Å². The van der Waals surface area contributed by atoms with Crippen molar-refractivity contribution >= 4 is 24.1 Å². The zero-order chi connectivity index (χ0) is 8.29. The molecule has 4 rings (SSSR count). The van der Waals surface area contributed by atoms with Crippen LogP contribution in [-0.2, 0) is 4.79 Å². The summed E-state index contributed by atoms with van der Waals surface area (Å²) in [7, 11) is 0. The zero-order valence-corrected chi connectivity index (χ0v) is 5.97. The zero-order valence-electron chi connectivity index (χ0n) is 5.97. The van der Waals surface area contributed by atoms with Crippen LogP contribution in [0.4, 0.5) is 4.79 Å². The third kappa shape index (κ3) is 0.421. The molecule has 6 nitrogen and oxygen atoms in total. The van der Waals surface area contributed by atoms with E-state index >= 15 is 0 Å². The van der Waals surface area contributed by atoms with E-state index in [0.717, 1.165) is 0 Å². The highest BCUT2D eigenvalue weighted by Gasteiger charge is 2.53. The molecule has 2 bridgehead atoms. The van der Waals surface area contributed by atoms with E-state index in [1.807, 2.05) is 0 Å². The minimum Gasteiger partial charge on any atom is -0.271 e. The molecule has 0 aromatic carbocycles. The number of hydrogen-bond acceptors (Lipinski definition) is 4. The summed E-state index contributed by atoms with van der Waals surface area (Å²) >= 11 is 0. The SMILES string of the molecule is O=C1C2N=CN=C2N2CN1C2=O. The lowest BCUT2D eigenvalue weighted by Crippen LogP contribution is -2.72. The van der Waals surface area contributed by atoms with Crippen molar-refractivity contribution in [3.05, 3.63) is 0 Å². The molecular weight excluding hydrogens is 160 g/mol. The standard InChI is InChI=1S/C6H4N4O2/c11-5-3-4(8-1-7-3)9-2-10(5)6(9)12/h1,3H,2H2. The van der Waals surface area contributed by atoms with E-state index in [4.69, 9.17) is 0 Å². The molecule has 3 amide bonds. The molecule has 4 heterocycles. The van der Waals surface area contributed by atoms with Gasteiger partial charge >= 0.3 is 6.03 Å². The van der Waals surface area contributed by atoms with Crippen LogP contribution in [0.25, 0.3) is 0 Å². The van der Waals surface area contributed by atoms with Crippen molar-refractivity contribution in [2.24, 2.45) is 9.98 Å². The summed E-state index contributed by atoms with van der Waals surface area (Å²) in [6, 6.07) is -0.822. The molecular formula is C6H4N4O2. The van der Waals surface area contributed by atoms with Crippen LogP contribution in [-0.4, -0.2) is 46.6 Å². The fourth-order valence-corrected chi connectivity index (χ4v) is 1.50. The number of urea groups is 1. The number of amides is 3. The summed E-state index contributed by atoms with van der Waals surface area (Å²) in [5, 5.41) is 0. The molecule has 6 heteroatoms. The first-order chi connectivity index (χ1) is 5.79. The van der Waals surface area contributed by atoms with Gasteiger partial charge in [-0.05, 0) is 0 Å². The maximum absolute atomic E-state index is 11.3. The number of hydrogen-bond donors (Lipinski definition) is 0. The summed E-state index contributed by atoms with van der Waals surface area (Å²) in [5.74, 6) is 0.225. The van der Waals surface area contributed by atoms with Crippen LogP contribution in [0.2, 0.25) is 0 Å². The molecule has 4 aliphatic rings. The molecule has 1 atom stereocenters. The third-order valence-corrected chi connectivity index (χ3v) is 2.17. The van der Waals surface area contributed by atoms with E-state index in [1.54, 1.807) is 0 Å². The van der Waals surface area contributed by atoms with Crippen molar-refractivity contribution in [1.82, 2.24) is 9.80 Å². The van der Waals surface area contributed by atoms with Gasteiger partial charge in [-0.25, -0.2) is 14.7 Å². The second kappa shape index (κ2) is 1.55. The maximum atomic E-state index is 11.3. The van der Waals surface area contributed by atoms with Crippen LogP contribution in [0, 0.1) is 0 Å². The summed E-state index contributed by atoms with van der Waals surface area (Å²) in [6.45, 7) is 0.344. The minimum absolute atomic E-state index is 0.255. The molecule has 1 unspecified atom stereocenters. The van der Waals surface area contributed by atoms with E-state index in [-0.39, 0.29) is 11.9 Å². The van der Waals surface area contributed by atoms with Gasteiger partial charge in [-0.1, -0.05) is 0 Å². The lowest BCUT2D eigenvalue weighted by atomic mass is 10.1. The quantitative estimate of drug-likeness (QED) is 0.462.